The summed E-state index contributed by atoms with van der Waals surface area (Å²) in [6.07, 6.45) is 0.927. The van der Waals surface area contributed by atoms with Gasteiger partial charge in [-0.05, 0) is 48.9 Å². The zero-order valence-electron chi connectivity index (χ0n) is 12.1. The summed E-state index contributed by atoms with van der Waals surface area (Å²) in [7, 11) is 1.37. The molecule has 0 radical (unpaired) electrons. The van der Waals surface area contributed by atoms with E-state index in [0.717, 1.165) is 12.2 Å². The maximum atomic E-state index is 13.4. The van der Waals surface area contributed by atoms with Crippen molar-refractivity contribution in [3.8, 4) is 11.5 Å². The molecule has 0 bridgehead atoms. The fraction of sp³-hybridized carbons (Fsp3) is 0.235. The zero-order valence-corrected chi connectivity index (χ0v) is 12.1. The van der Waals surface area contributed by atoms with E-state index in [9.17, 15) is 9.18 Å². The molecule has 0 unspecified atom stereocenters. The van der Waals surface area contributed by atoms with Crippen LogP contribution in [0.2, 0.25) is 0 Å². The van der Waals surface area contributed by atoms with Gasteiger partial charge < -0.3 is 9.47 Å². The fourth-order valence-corrected chi connectivity index (χ4v) is 1.89. The number of halogens is 1. The Morgan fingerprint density at radius 1 is 1.10 bits per heavy atom. The van der Waals surface area contributed by atoms with Crippen LogP contribution in [-0.4, -0.2) is 19.5 Å². The van der Waals surface area contributed by atoms with Crippen LogP contribution in [0.4, 0.5) is 4.39 Å². The van der Waals surface area contributed by atoms with Crippen molar-refractivity contribution < 1.29 is 18.7 Å². The monoisotopic (exact) mass is 288 g/mol. The second kappa shape index (κ2) is 6.88. The fourth-order valence-electron chi connectivity index (χ4n) is 1.89. The van der Waals surface area contributed by atoms with E-state index in [4.69, 9.17) is 9.47 Å². The molecule has 2 aromatic carbocycles. The van der Waals surface area contributed by atoms with Crippen molar-refractivity contribution in [3.05, 3.63) is 59.4 Å². The first-order chi connectivity index (χ1) is 10.2. The average molecular weight is 288 g/mol. The summed E-state index contributed by atoms with van der Waals surface area (Å²) in [6, 6.07) is 11.0. The molecule has 2 rings (SSSR count). The zero-order chi connectivity index (χ0) is 15.2. The topological polar surface area (TPSA) is 35.5 Å². The highest BCUT2D eigenvalue weighted by atomic mass is 19.1. The Morgan fingerprint density at radius 3 is 2.38 bits per heavy atom. The van der Waals surface area contributed by atoms with Crippen LogP contribution in [0.5, 0.6) is 11.5 Å². The van der Waals surface area contributed by atoms with E-state index in [1.807, 2.05) is 6.92 Å². The van der Waals surface area contributed by atoms with Crippen molar-refractivity contribution in [2.75, 3.05) is 13.7 Å². The third kappa shape index (κ3) is 3.60. The number of ketones is 1. The Hall–Kier alpha value is -2.36. The van der Waals surface area contributed by atoms with Crippen LogP contribution < -0.4 is 9.47 Å². The molecule has 110 valence electrons. The molecule has 0 aliphatic rings. The van der Waals surface area contributed by atoms with E-state index < -0.39 is 5.82 Å². The molecule has 0 aliphatic heterocycles. The van der Waals surface area contributed by atoms with Crippen molar-refractivity contribution in [1.29, 1.82) is 0 Å². The maximum absolute atomic E-state index is 13.4. The van der Waals surface area contributed by atoms with Crippen LogP contribution in [0.25, 0.3) is 0 Å². The third-order valence-electron chi connectivity index (χ3n) is 3.00. The molecule has 3 nitrogen and oxygen atoms in total. The van der Waals surface area contributed by atoms with Gasteiger partial charge in [0.25, 0.3) is 0 Å². The molecule has 0 saturated carbocycles. The molecular formula is C17H17FO3. The first-order valence-electron chi connectivity index (χ1n) is 6.76. The summed E-state index contributed by atoms with van der Waals surface area (Å²) < 4.78 is 23.7. The quantitative estimate of drug-likeness (QED) is 0.757. The van der Waals surface area contributed by atoms with E-state index in [0.29, 0.717) is 17.7 Å². The number of ether oxygens (including phenoxy) is 2. The van der Waals surface area contributed by atoms with Gasteiger partial charge in [-0.3, -0.25) is 4.79 Å². The lowest BCUT2D eigenvalue weighted by molar-refractivity contribution is 0.103. The van der Waals surface area contributed by atoms with Gasteiger partial charge in [-0.25, -0.2) is 4.39 Å². The second-order valence-electron chi connectivity index (χ2n) is 4.55. The lowest BCUT2D eigenvalue weighted by atomic mass is 10.0. The Balaban J connectivity index is 2.19. The first kappa shape index (κ1) is 15.0. The van der Waals surface area contributed by atoms with Crippen LogP contribution in [0.1, 0.15) is 29.3 Å². The van der Waals surface area contributed by atoms with Crippen LogP contribution in [0, 0.1) is 5.82 Å². The minimum Gasteiger partial charge on any atom is -0.494 e. The van der Waals surface area contributed by atoms with Gasteiger partial charge in [0.2, 0.25) is 0 Å². The number of hydrogen-bond donors (Lipinski definition) is 0. The highest BCUT2D eigenvalue weighted by Crippen LogP contribution is 2.21. The van der Waals surface area contributed by atoms with Gasteiger partial charge in [-0.1, -0.05) is 6.92 Å². The minimum atomic E-state index is -0.489. The molecule has 0 aromatic heterocycles. The second-order valence-corrected chi connectivity index (χ2v) is 4.55. The predicted octanol–water partition coefficient (Wildman–Crippen LogP) is 3.85. The summed E-state index contributed by atoms with van der Waals surface area (Å²) in [5.41, 5.74) is 0.906. The molecule has 0 N–H and O–H groups in total. The number of carbonyl (C=O) groups excluding carboxylic acids is 1. The molecule has 0 saturated heterocycles. The molecule has 4 heteroatoms. The molecular weight excluding hydrogens is 271 g/mol. The lowest BCUT2D eigenvalue weighted by Crippen LogP contribution is -2.03. The number of carbonyl (C=O) groups is 1. The van der Waals surface area contributed by atoms with Gasteiger partial charge in [0, 0.05) is 11.1 Å². The molecule has 0 spiro atoms. The summed E-state index contributed by atoms with van der Waals surface area (Å²) in [4.78, 5) is 12.3. The lowest BCUT2D eigenvalue weighted by Gasteiger charge is -2.07. The first-order valence-corrected chi connectivity index (χ1v) is 6.76. The largest absolute Gasteiger partial charge is 0.494 e. The molecule has 0 atom stereocenters. The molecule has 0 aliphatic carbocycles. The molecule has 0 fully saturated rings. The Bertz CT molecular complexity index is 620. The Kier molecular flexibility index (Phi) is 4.93. The van der Waals surface area contributed by atoms with E-state index >= 15 is 0 Å². The van der Waals surface area contributed by atoms with Gasteiger partial charge >= 0.3 is 0 Å². The minimum absolute atomic E-state index is 0.0590. The average Bonchev–Trinajstić information content (AvgIpc) is 2.53. The SMILES string of the molecule is CCCOc1ccc(C(=O)c2ccc(F)c(OC)c2)cc1. The van der Waals surface area contributed by atoms with Crippen molar-refractivity contribution in [3.63, 3.8) is 0 Å². The van der Waals surface area contributed by atoms with Crippen LogP contribution in [0.15, 0.2) is 42.5 Å². The van der Waals surface area contributed by atoms with E-state index in [2.05, 4.69) is 0 Å². The highest BCUT2D eigenvalue weighted by Gasteiger charge is 2.12. The number of benzene rings is 2. The van der Waals surface area contributed by atoms with Gasteiger partial charge in [0.1, 0.15) is 5.75 Å². The van der Waals surface area contributed by atoms with Crippen LogP contribution >= 0.6 is 0 Å². The van der Waals surface area contributed by atoms with Crippen LogP contribution in [0.3, 0.4) is 0 Å². The number of rotatable bonds is 6. The molecule has 0 heterocycles. The van der Waals surface area contributed by atoms with E-state index in [1.54, 1.807) is 24.3 Å². The maximum Gasteiger partial charge on any atom is 0.193 e. The van der Waals surface area contributed by atoms with E-state index in [1.165, 1.54) is 25.3 Å². The summed E-state index contributed by atoms with van der Waals surface area (Å²) in [5, 5.41) is 0. The van der Waals surface area contributed by atoms with Gasteiger partial charge in [0.05, 0.1) is 13.7 Å². The molecule has 0 amide bonds. The van der Waals surface area contributed by atoms with E-state index in [-0.39, 0.29) is 11.5 Å². The van der Waals surface area contributed by atoms with Gasteiger partial charge in [0.15, 0.2) is 17.3 Å². The number of hydrogen-bond acceptors (Lipinski definition) is 3. The van der Waals surface area contributed by atoms with Gasteiger partial charge in [-0.15, -0.1) is 0 Å². The smallest absolute Gasteiger partial charge is 0.193 e. The van der Waals surface area contributed by atoms with Crippen molar-refractivity contribution in [2.45, 2.75) is 13.3 Å². The molecule has 2 aromatic rings. The van der Waals surface area contributed by atoms with Crippen molar-refractivity contribution in [1.82, 2.24) is 0 Å². The van der Waals surface area contributed by atoms with Crippen molar-refractivity contribution >= 4 is 5.78 Å². The Morgan fingerprint density at radius 2 is 1.76 bits per heavy atom. The standard InChI is InChI=1S/C17H17FO3/c1-3-10-21-14-7-4-12(5-8-14)17(19)13-6-9-15(18)16(11-13)20-2/h4-9,11H,3,10H2,1-2H3. The summed E-state index contributed by atoms with van der Waals surface area (Å²) in [5.74, 6) is 0.113. The molecule has 21 heavy (non-hydrogen) atoms. The third-order valence-corrected chi connectivity index (χ3v) is 3.00. The Labute approximate surface area is 123 Å². The normalized spacial score (nSPS) is 10.2. The highest BCUT2D eigenvalue weighted by molar-refractivity contribution is 6.09. The summed E-state index contributed by atoms with van der Waals surface area (Å²) >= 11 is 0. The van der Waals surface area contributed by atoms with Gasteiger partial charge in [-0.2, -0.15) is 0 Å². The predicted molar refractivity (Wildman–Crippen MR) is 78.6 cm³/mol. The van der Waals surface area contributed by atoms with Crippen molar-refractivity contribution in [2.24, 2.45) is 0 Å². The summed E-state index contributed by atoms with van der Waals surface area (Å²) in [6.45, 7) is 2.67. The number of methoxy groups -OCH3 is 1. The van der Waals surface area contributed by atoms with Crippen LogP contribution in [-0.2, 0) is 0 Å².